The van der Waals surface area contributed by atoms with Crippen molar-refractivity contribution < 1.29 is 28.7 Å². The van der Waals surface area contributed by atoms with E-state index in [0.29, 0.717) is 26.3 Å². The fourth-order valence-corrected chi connectivity index (χ4v) is 4.65. The van der Waals surface area contributed by atoms with Gasteiger partial charge >= 0.3 is 6.03 Å². The van der Waals surface area contributed by atoms with E-state index < -0.39 is 17.8 Å². The lowest BCUT2D eigenvalue weighted by Gasteiger charge is -2.27. The molecule has 1 aliphatic heterocycles. The zero-order valence-electron chi connectivity index (χ0n) is 21.8. The third-order valence-electron chi connectivity index (χ3n) is 5.84. The second-order valence-electron chi connectivity index (χ2n) is 8.85. The number of aryl methyl sites for hydroxylation is 2. The van der Waals surface area contributed by atoms with Crippen LogP contribution < -0.4 is 25.0 Å². The van der Waals surface area contributed by atoms with Crippen molar-refractivity contribution in [3.05, 3.63) is 86.4 Å². The largest absolute Gasteiger partial charge is 0.490 e. The second kappa shape index (κ2) is 12.4. The highest BCUT2D eigenvalue weighted by Crippen LogP contribution is 2.38. The van der Waals surface area contributed by atoms with Gasteiger partial charge in [0.25, 0.3) is 17.7 Å². The number of barbiturate groups is 1. The number of carbonyl (C=O) groups excluding carboxylic acids is 4. The van der Waals surface area contributed by atoms with E-state index in [4.69, 9.17) is 21.1 Å². The number of rotatable bonds is 8. The van der Waals surface area contributed by atoms with Crippen LogP contribution in [0.5, 0.6) is 11.5 Å². The van der Waals surface area contributed by atoms with Gasteiger partial charge in [-0.05, 0) is 90.3 Å². The average molecular weight is 627 g/mol. The first-order valence-corrected chi connectivity index (χ1v) is 13.4. The van der Waals surface area contributed by atoms with Crippen molar-refractivity contribution in [3.8, 4) is 11.5 Å². The number of nitrogens with zero attached hydrogens (tertiary/aromatic N) is 1. The first-order valence-electron chi connectivity index (χ1n) is 12.2. The monoisotopic (exact) mass is 625 g/mol. The molecule has 206 valence electrons. The lowest BCUT2D eigenvalue weighted by atomic mass is 10.1. The number of amides is 5. The molecule has 1 saturated heterocycles. The predicted molar refractivity (Wildman–Crippen MR) is 156 cm³/mol. The van der Waals surface area contributed by atoms with Gasteiger partial charge in [-0.3, -0.25) is 19.7 Å². The van der Waals surface area contributed by atoms with Crippen molar-refractivity contribution in [2.24, 2.45) is 0 Å². The standard InChI is InChI=1S/C29H25BrClN3O6/c1-4-39-24-13-18(12-22(30)26(24)40-15-25(35)32-20-9-5-16(2)6-10-20)11-21-27(36)33-29(38)34(28(21)37)23-14-19(31)8-7-17(23)3/h5-14H,4,15H2,1-3H3,(H,32,35)(H,33,36,38)/b21-11+. The molecular weight excluding hydrogens is 602 g/mol. The predicted octanol–water partition coefficient (Wildman–Crippen LogP) is 5.80. The summed E-state index contributed by atoms with van der Waals surface area (Å²) in [6, 6.07) is 14.4. The third kappa shape index (κ3) is 6.52. The van der Waals surface area contributed by atoms with Gasteiger partial charge in [-0.2, -0.15) is 0 Å². The Kier molecular flexibility index (Phi) is 8.91. The summed E-state index contributed by atoms with van der Waals surface area (Å²) in [7, 11) is 0. The number of nitrogens with one attached hydrogen (secondary N) is 2. The van der Waals surface area contributed by atoms with Crippen LogP contribution in [0, 0.1) is 13.8 Å². The summed E-state index contributed by atoms with van der Waals surface area (Å²) in [5.74, 6) is -1.45. The highest BCUT2D eigenvalue weighted by Gasteiger charge is 2.37. The number of halogens is 2. The van der Waals surface area contributed by atoms with E-state index in [9.17, 15) is 19.2 Å². The Labute approximate surface area is 244 Å². The van der Waals surface area contributed by atoms with Crippen molar-refractivity contribution in [2.75, 3.05) is 23.4 Å². The van der Waals surface area contributed by atoms with Gasteiger partial charge in [0.15, 0.2) is 18.1 Å². The topological polar surface area (TPSA) is 114 Å². The van der Waals surface area contributed by atoms with E-state index in [1.807, 2.05) is 19.1 Å². The van der Waals surface area contributed by atoms with E-state index in [-0.39, 0.29) is 41.9 Å². The molecule has 0 bridgehead atoms. The van der Waals surface area contributed by atoms with E-state index in [1.165, 1.54) is 12.1 Å². The molecule has 0 spiro atoms. The molecule has 5 amide bonds. The van der Waals surface area contributed by atoms with Gasteiger partial charge in [0.1, 0.15) is 5.57 Å². The third-order valence-corrected chi connectivity index (χ3v) is 6.66. The van der Waals surface area contributed by atoms with Gasteiger partial charge in [-0.25, -0.2) is 9.69 Å². The summed E-state index contributed by atoms with van der Waals surface area (Å²) in [6.07, 6.45) is 1.35. The average Bonchev–Trinajstić information content (AvgIpc) is 2.89. The zero-order valence-corrected chi connectivity index (χ0v) is 24.2. The van der Waals surface area contributed by atoms with Crippen molar-refractivity contribution in [1.29, 1.82) is 0 Å². The van der Waals surface area contributed by atoms with Gasteiger partial charge in [0.2, 0.25) is 0 Å². The van der Waals surface area contributed by atoms with Crippen LogP contribution >= 0.6 is 27.5 Å². The van der Waals surface area contributed by atoms with Crippen LogP contribution in [0.15, 0.2) is 64.6 Å². The Hall–Kier alpha value is -4.15. The van der Waals surface area contributed by atoms with Gasteiger partial charge in [0.05, 0.1) is 16.8 Å². The molecule has 2 N–H and O–H groups in total. The lowest BCUT2D eigenvalue weighted by Crippen LogP contribution is -2.54. The minimum absolute atomic E-state index is 0.261. The number of benzene rings is 3. The number of hydrogen-bond acceptors (Lipinski definition) is 6. The SMILES string of the molecule is CCOc1cc(/C=C2\C(=O)NC(=O)N(c3cc(Cl)ccc3C)C2=O)cc(Br)c1OCC(=O)Nc1ccc(C)cc1. The Morgan fingerprint density at radius 2 is 1.77 bits per heavy atom. The first-order chi connectivity index (χ1) is 19.1. The van der Waals surface area contributed by atoms with Crippen LogP contribution in [0.3, 0.4) is 0 Å². The molecule has 40 heavy (non-hydrogen) atoms. The maximum absolute atomic E-state index is 13.3. The number of carbonyl (C=O) groups is 4. The van der Waals surface area contributed by atoms with Gasteiger partial charge in [-0.1, -0.05) is 35.4 Å². The highest BCUT2D eigenvalue weighted by atomic mass is 79.9. The zero-order chi connectivity index (χ0) is 29.0. The van der Waals surface area contributed by atoms with Gasteiger partial charge in [-0.15, -0.1) is 0 Å². The van der Waals surface area contributed by atoms with E-state index in [2.05, 4.69) is 26.6 Å². The maximum atomic E-state index is 13.3. The highest BCUT2D eigenvalue weighted by molar-refractivity contribution is 9.10. The van der Waals surface area contributed by atoms with Crippen molar-refractivity contribution in [1.82, 2.24) is 5.32 Å². The Balaban J connectivity index is 1.60. The molecule has 0 aliphatic carbocycles. The quantitative estimate of drug-likeness (QED) is 0.241. The van der Waals surface area contributed by atoms with Crippen LogP contribution in [0.2, 0.25) is 5.02 Å². The molecule has 0 aromatic heterocycles. The van der Waals surface area contributed by atoms with E-state index >= 15 is 0 Å². The number of urea groups is 1. The van der Waals surface area contributed by atoms with E-state index in [0.717, 1.165) is 10.5 Å². The molecule has 1 heterocycles. The van der Waals surface area contributed by atoms with Crippen LogP contribution in [0.25, 0.3) is 6.08 Å². The minimum Gasteiger partial charge on any atom is -0.490 e. The van der Waals surface area contributed by atoms with Crippen molar-refractivity contribution in [3.63, 3.8) is 0 Å². The van der Waals surface area contributed by atoms with Gasteiger partial charge < -0.3 is 14.8 Å². The summed E-state index contributed by atoms with van der Waals surface area (Å²) < 4.78 is 11.9. The summed E-state index contributed by atoms with van der Waals surface area (Å²) in [4.78, 5) is 51.9. The molecule has 1 fully saturated rings. The van der Waals surface area contributed by atoms with E-state index in [1.54, 1.807) is 50.2 Å². The fourth-order valence-electron chi connectivity index (χ4n) is 3.91. The second-order valence-corrected chi connectivity index (χ2v) is 10.1. The molecule has 0 saturated carbocycles. The molecule has 3 aromatic rings. The smallest absolute Gasteiger partial charge is 0.335 e. The lowest BCUT2D eigenvalue weighted by molar-refractivity contribution is -0.122. The Morgan fingerprint density at radius 1 is 1.05 bits per heavy atom. The number of hydrogen-bond donors (Lipinski definition) is 2. The molecule has 9 nitrogen and oxygen atoms in total. The summed E-state index contributed by atoms with van der Waals surface area (Å²) >= 11 is 9.52. The maximum Gasteiger partial charge on any atom is 0.335 e. The molecule has 4 rings (SSSR count). The summed E-state index contributed by atoms with van der Waals surface area (Å²) in [5, 5.41) is 5.29. The van der Waals surface area contributed by atoms with Gasteiger partial charge in [0, 0.05) is 10.7 Å². The first kappa shape index (κ1) is 28.8. The molecule has 3 aromatic carbocycles. The molecular formula is C29H25BrClN3O6. The summed E-state index contributed by atoms with van der Waals surface area (Å²) in [5.41, 5.74) is 2.75. The number of ether oxygens (including phenoxy) is 2. The van der Waals surface area contributed by atoms with Crippen LogP contribution in [0.1, 0.15) is 23.6 Å². The van der Waals surface area contributed by atoms with Crippen LogP contribution in [0.4, 0.5) is 16.2 Å². The molecule has 0 atom stereocenters. The molecule has 0 radical (unpaired) electrons. The molecule has 1 aliphatic rings. The number of imide groups is 2. The summed E-state index contributed by atoms with van der Waals surface area (Å²) in [6.45, 7) is 5.45. The Morgan fingerprint density at radius 3 is 2.48 bits per heavy atom. The van der Waals surface area contributed by atoms with Crippen molar-refractivity contribution >= 4 is 68.7 Å². The Bertz CT molecular complexity index is 1540. The molecule has 11 heteroatoms. The normalized spacial score (nSPS) is 14.3. The molecule has 0 unspecified atom stereocenters. The van der Waals surface area contributed by atoms with Crippen molar-refractivity contribution in [2.45, 2.75) is 20.8 Å². The van der Waals surface area contributed by atoms with Crippen LogP contribution in [-0.2, 0) is 14.4 Å². The van der Waals surface area contributed by atoms with Crippen LogP contribution in [-0.4, -0.2) is 37.0 Å². The number of anilines is 2. The minimum atomic E-state index is -0.874. The fraction of sp³-hybridized carbons (Fsp3) is 0.172.